The van der Waals surface area contributed by atoms with Gasteiger partial charge in [-0.15, -0.1) is 0 Å². The minimum atomic E-state index is -1.94. The molecule has 0 aliphatic rings. The number of carbonyl (C=O) groups excluding carboxylic acids is 1. The third-order valence-corrected chi connectivity index (χ3v) is 3.23. The van der Waals surface area contributed by atoms with Crippen LogP contribution in [0.15, 0.2) is 0 Å². The molecule has 0 aliphatic carbocycles. The SMILES string of the molecule is CC(=O)NC(CC(=O)O)(C(=O)O)C(S)CS. The molecule has 0 saturated heterocycles. The van der Waals surface area contributed by atoms with E-state index in [9.17, 15) is 14.4 Å². The minimum absolute atomic E-state index is 0.0168. The number of aliphatic carboxylic acids is 2. The molecule has 6 nitrogen and oxygen atoms in total. The fourth-order valence-corrected chi connectivity index (χ4v) is 1.80. The Hall–Kier alpha value is -0.890. The van der Waals surface area contributed by atoms with Crippen molar-refractivity contribution in [3.8, 4) is 0 Å². The molecule has 92 valence electrons. The quantitative estimate of drug-likeness (QED) is 0.423. The van der Waals surface area contributed by atoms with Crippen LogP contribution in [0.1, 0.15) is 13.3 Å². The van der Waals surface area contributed by atoms with Crippen LogP contribution in [0.3, 0.4) is 0 Å². The molecule has 0 aromatic carbocycles. The third kappa shape index (κ3) is 3.60. The number of carboxylic acids is 2. The van der Waals surface area contributed by atoms with Crippen LogP contribution in [-0.4, -0.2) is 44.6 Å². The highest BCUT2D eigenvalue weighted by Crippen LogP contribution is 2.22. The fraction of sp³-hybridized carbons (Fsp3) is 0.625. The molecule has 0 rings (SSSR count). The van der Waals surface area contributed by atoms with Crippen LogP contribution in [0.5, 0.6) is 0 Å². The van der Waals surface area contributed by atoms with Gasteiger partial charge in [0.1, 0.15) is 0 Å². The Bertz CT molecular complexity index is 291. The summed E-state index contributed by atoms with van der Waals surface area (Å²) in [6.07, 6.45) is -0.753. The Balaban J connectivity index is 5.28. The van der Waals surface area contributed by atoms with Crippen molar-refractivity contribution in [1.29, 1.82) is 0 Å². The smallest absolute Gasteiger partial charge is 0.331 e. The van der Waals surface area contributed by atoms with Crippen LogP contribution >= 0.6 is 25.3 Å². The Labute approximate surface area is 103 Å². The van der Waals surface area contributed by atoms with E-state index in [1.54, 1.807) is 0 Å². The van der Waals surface area contributed by atoms with Crippen LogP contribution in [-0.2, 0) is 14.4 Å². The van der Waals surface area contributed by atoms with Crippen molar-refractivity contribution in [2.45, 2.75) is 24.1 Å². The van der Waals surface area contributed by atoms with E-state index in [0.717, 1.165) is 6.92 Å². The monoisotopic (exact) mass is 267 g/mol. The predicted octanol–water partition coefficient (Wildman–Crippen LogP) is -0.351. The van der Waals surface area contributed by atoms with Crippen LogP contribution in [0.4, 0.5) is 0 Å². The lowest BCUT2D eigenvalue weighted by atomic mass is 9.91. The first-order chi connectivity index (χ1) is 7.26. The summed E-state index contributed by atoms with van der Waals surface area (Å²) in [5.41, 5.74) is -1.94. The minimum Gasteiger partial charge on any atom is -0.481 e. The average Bonchev–Trinajstić information content (AvgIpc) is 2.13. The highest BCUT2D eigenvalue weighted by atomic mass is 32.1. The number of thiol groups is 2. The maximum Gasteiger partial charge on any atom is 0.331 e. The lowest BCUT2D eigenvalue weighted by Gasteiger charge is -2.32. The first kappa shape index (κ1) is 15.1. The maximum absolute atomic E-state index is 11.1. The van der Waals surface area contributed by atoms with Crippen molar-refractivity contribution in [3.63, 3.8) is 0 Å². The van der Waals surface area contributed by atoms with E-state index in [2.05, 4.69) is 30.6 Å². The van der Waals surface area contributed by atoms with E-state index in [1.807, 2.05) is 0 Å². The van der Waals surface area contributed by atoms with Gasteiger partial charge < -0.3 is 15.5 Å². The van der Waals surface area contributed by atoms with E-state index in [-0.39, 0.29) is 5.75 Å². The molecule has 0 aromatic heterocycles. The van der Waals surface area contributed by atoms with Gasteiger partial charge in [-0.3, -0.25) is 9.59 Å². The average molecular weight is 267 g/mol. The van der Waals surface area contributed by atoms with Gasteiger partial charge in [0.15, 0.2) is 5.54 Å². The largest absolute Gasteiger partial charge is 0.481 e. The van der Waals surface area contributed by atoms with Crippen molar-refractivity contribution in [1.82, 2.24) is 5.32 Å². The van der Waals surface area contributed by atoms with Crippen LogP contribution in [0, 0.1) is 0 Å². The Morgan fingerprint density at radius 3 is 2.12 bits per heavy atom. The molecule has 0 spiro atoms. The second kappa shape index (κ2) is 6.00. The molecule has 1 amide bonds. The van der Waals surface area contributed by atoms with E-state index >= 15 is 0 Å². The van der Waals surface area contributed by atoms with Gasteiger partial charge in [-0.05, 0) is 0 Å². The molecule has 0 saturated carbocycles. The lowest BCUT2D eigenvalue weighted by molar-refractivity contribution is -0.152. The predicted molar refractivity (Wildman–Crippen MR) is 63.1 cm³/mol. The standard InChI is InChI=1S/C8H13NO5S2/c1-4(10)9-8(7(13)14,2-6(11)12)5(16)3-15/h5,15-16H,2-3H2,1H3,(H,9,10)(H,11,12)(H,13,14). The number of hydrogen-bond acceptors (Lipinski definition) is 5. The molecule has 0 aliphatic heterocycles. The molecule has 3 N–H and O–H groups in total. The lowest BCUT2D eigenvalue weighted by Crippen LogP contribution is -2.61. The van der Waals surface area contributed by atoms with E-state index in [4.69, 9.17) is 10.2 Å². The van der Waals surface area contributed by atoms with Gasteiger partial charge in [-0.1, -0.05) is 0 Å². The number of hydrogen-bond donors (Lipinski definition) is 5. The molecule has 2 atom stereocenters. The van der Waals surface area contributed by atoms with Gasteiger partial charge >= 0.3 is 11.9 Å². The van der Waals surface area contributed by atoms with Crippen molar-refractivity contribution < 1.29 is 24.6 Å². The van der Waals surface area contributed by atoms with Gasteiger partial charge in [0, 0.05) is 17.9 Å². The molecule has 0 fully saturated rings. The van der Waals surface area contributed by atoms with Gasteiger partial charge in [0.2, 0.25) is 5.91 Å². The van der Waals surface area contributed by atoms with Crippen molar-refractivity contribution in [2.75, 3.05) is 5.75 Å². The van der Waals surface area contributed by atoms with Crippen LogP contribution < -0.4 is 5.32 Å². The summed E-state index contributed by atoms with van der Waals surface area (Å²) in [6.45, 7) is 1.11. The number of nitrogens with one attached hydrogen (secondary N) is 1. The van der Waals surface area contributed by atoms with Gasteiger partial charge in [0.05, 0.1) is 6.42 Å². The third-order valence-electron chi connectivity index (χ3n) is 1.95. The van der Waals surface area contributed by atoms with Gasteiger partial charge in [0.25, 0.3) is 0 Å². The summed E-state index contributed by atoms with van der Waals surface area (Å²) < 4.78 is 0. The summed E-state index contributed by atoms with van der Waals surface area (Å²) in [7, 11) is 0. The summed E-state index contributed by atoms with van der Waals surface area (Å²) in [5, 5.41) is 19.0. The van der Waals surface area contributed by atoms with Crippen LogP contribution in [0.2, 0.25) is 0 Å². The highest BCUT2D eigenvalue weighted by molar-refractivity contribution is 7.84. The summed E-state index contributed by atoms with van der Waals surface area (Å²) >= 11 is 7.83. The fourth-order valence-electron chi connectivity index (χ4n) is 1.23. The Kier molecular flexibility index (Phi) is 5.66. The normalized spacial score (nSPS) is 15.9. The molecule has 0 heterocycles. The molecule has 16 heavy (non-hydrogen) atoms. The maximum atomic E-state index is 11.1. The topological polar surface area (TPSA) is 104 Å². The molecule has 0 bridgehead atoms. The first-order valence-corrected chi connectivity index (χ1v) is 5.44. The Morgan fingerprint density at radius 2 is 1.88 bits per heavy atom. The second-order valence-electron chi connectivity index (χ2n) is 3.23. The van der Waals surface area contributed by atoms with Gasteiger partial charge in [-0.25, -0.2) is 4.79 Å². The molecular weight excluding hydrogens is 254 g/mol. The zero-order valence-electron chi connectivity index (χ0n) is 8.51. The second-order valence-corrected chi connectivity index (χ2v) is 4.22. The zero-order chi connectivity index (χ0) is 12.9. The summed E-state index contributed by atoms with van der Waals surface area (Å²) in [4.78, 5) is 32.7. The van der Waals surface area contributed by atoms with Gasteiger partial charge in [-0.2, -0.15) is 25.3 Å². The summed E-state index contributed by atoms with van der Waals surface area (Å²) in [6, 6.07) is 0. The molecule has 2 unspecified atom stereocenters. The van der Waals surface area contributed by atoms with Crippen molar-refractivity contribution in [3.05, 3.63) is 0 Å². The number of amides is 1. The highest BCUT2D eigenvalue weighted by Gasteiger charge is 2.46. The number of rotatable bonds is 6. The van der Waals surface area contributed by atoms with Crippen molar-refractivity contribution in [2.24, 2.45) is 0 Å². The number of carbonyl (C=O) groups is 3. The Morgan fingerprint density at radius 1 is 1.38 bits per heavy atom. The molecule has 0 aromatic rings. The number of carboxylic acid groups (broad SMARTS) is 2. The molecule has 8 heteroatoms. The molecular formula is C8H13NO5S2. The zero-order valence-corrected chi connectivity index (χ0v) is 10.3. The van der Waals surface area contributed by atoms with E-state index < -0.39 is 35.1 Å². The summed E-state index contributed by atoms with van der Waals surface area (Å²) in [5.74, 6) is -3.40. The van der Waals surface area contributed by atoms with Crippen LogP contribution in [0.25, 0.3) is 0 Å². The van der Waals surface area contributed by atoms with Crippen molar-refractivity contribution >= 4 is 43.1 Å². The molecule has 0 radical (unpaired) electrons. The van der Waals surface area contributed by atoms with E-state index in [1.165, 1.54) is 0 Å². The first-order valence-electron chi connectivity index (χ1n) is 4.29. The van der Waals surface area contributed by atoms with E-state index in [0.29, 0.717) is 0 Å².